The van der Waals surface area contributed by atoms with Crippen LogP contribution in [0, 0.1) is 0 Å². The average molecular weight is 344 g/mol. The first-order valence-corrected chi connectivity index (χ1v) is 8.82. The first kappa shape index (κ1) is 18.4. The number of hydrogen-bond donors (Lipinski definition) is 1. The van der Waals surface area contributed by atoms with Crippen LogP contribution in [-0.4, -0.2) is 37.8 Å². The summed E-state index contributed by atoms with van der Waals surface area (Å²) in [7, 11) is 5.72. The number of nitrogens with zero attached hydrogens (tertiary/aromatic N) is 1. The Morgan fingerprint density at radius 1 is 1.12 bits per heavy atom. The molecule has 0 spiro atoms. The van der Waals surface area contributed by atoms with E-state index in [1.54, 1.807) is 7.11 Å². The van der Waals surface area contributed by atoms with Crippen molar-refractivity contribution < 1.29 is 9.53 Å². The van der Waals surface area contributed by atoms with E-state index < -0.39 is 0 Å². The van der Waals surface area contributed by atoms with Crippen LogP contribution in [-0.2, 0) is 17.9 Å². The Morgan fingerprint density at radius 3 is 2.58 bits per heavy atom. The van der Waals surface area contributed by atoms with E-state index in [-0.39, 0.29) is 5.91 Å². The highest BCUT2D eigenvalue weighted by Crippen LogP contribution is 2.22. The molecule has 0 atom stereocenters. The van der Waals surface area contributed by atoms with Crippen molar-refractivity contribution in [2.24, 2.45) is 0 Å². The second-order valence-corrected chi connectivity index (χ2v) is 6.80. The van der Waals surface area contributed by atoms with Gasteiger partial charge in [-0.25, -0.2) is 0 Å². The van der Waals surface area contributed by atoms with E-state index in [0.29, 0.717) is 12.3 Å². The van der Waals surface area contributed by atoms with Gasteiger partial charge in [0.1, 0.15) is 5.75 Å². The van der Waals surface area contributed by atoms with Crippen molar-refractivity contribution in [3.8, 4) is 5.75 Å². The van der Waals surface area contributed by atoms with Crippen LogP contribution in [0.2, 0.25) is 0 Å². The number of amides is 1. The molecule has 0 aliphatic heterocycles. The number of thioether (sulfide) groups is 1. The standard InChI is InChI=1S/C19H24N2O2S/c1-21(2)13-16-8-5-4-7-15(16)12-20-19(22)14-24-18-10-6-9-17(11-18)23-3/h4-11H,12-14H2,1-3H3,(H,20,22). The zero-order chi connectivity index (χ0) is 17.4. The van der Waals surface area contributed by atoms with E-state index in [1.165, 1.54) is 17.3 Å². The topological polar surface area (TPSA) is 41.6 Å². The average Bonchev–Trinajstić information content (AvgIpc) is 2.59. The van der Waals surface area contributed by atoms with Gasteiger partial charge in [0.15, 0.2) is 0 Å². The Bertz CT molecular complexity index is 674. The molecular weight excluding hydrogens is 320 g/mol. The third kappa shape index (κ3) is 5.91. The molecule has 0 bridgehead atoms. The van der Waals surface area contributed by atoms with Gasteiger partial charge in [0.05, 0.1) is 12.9 Å². The highest BCUT2D eigenvalue weighted by atomic mass is 32.2. The number of carbonyl (C=O) groups is 1. The van der Waals surface area contributed by atoms with E-state index in [9.17, 15) is 4.79 Å². The summed E-state index contributed by atoms with van der Waals surface area (Å²) in [5, 5.41) is 3.00. The van der Waals surface area contributed by atoms with Crippen molar-refractivity contribution in [1.29, 1.82) is 0 Å². The molecule has 5 heteroatoms. The summed E-state index contributed by atoms with van der Waals surface area (Å²) in [4.78, 5) is 15.3. The molecule has 2 aromatic carbocycles. The normalized spacial score (nSPS) is 10.7. The molecule has 0 saturated heterocycles. The smallest absolute Gasteiger partial charge is 0.230 e. The minimum atomic E-state index is 0.0301. The Labute approximate surface area is 148 Å². The molecule has 1 N–H and O–H groups in total. The summed E-state index contributed by atoms with van der Waals surface area (Å²) in [6.45, 7) is 1.42. The van der Waals surface area contributed by atoms with Gasteiger partial charge in [-0.3, -0.25) is 4.79 Å². The molecule has 0 saturated carbocycles. The lowest BCUT2D eigenvalue weighted by Crippen LogP contribution is -2.25. The van der Waals surface area contributed by atoms with Gasteiger partial charge in [0, 0.05) is 18.0 Å². The summed E-state index contributed by atoms with van der Waals surface area (Å²) in [6.07, 6.45) is 0. The van der Waals surface area contributed by atoms with E-state index >= 15 is 0 Å². The van der Waals surface area contributed by atoms with Crippen molar-refractivity contribution in [2.45, 2.75) is 18.0 Å². The van der Waals surface area contributed by atoms with Crippen molar-refractivity contribution in [1.82, 2.24) is 10.2 Å². The first-order valence-electron chi connectivity index (χ1n) is 7.83. The molecular formula is C19H24N2O2S. The van der Waals surface area contributed by atoms with E-state index in [1.807, 2.05) is 50.5 Å². The Kier molecular flexibility index (Phi) is 7.15. The maximum atomic E-state index is 12.1. The van der Waals surface area contributed by atoms with Gasteiger partial charge in [0.25, 0.3) is 0 Å². The van der Waals surface area contributed by atoms with Gasteiger partial charge in [-0.1, -0.05) is 30.3 Å². The van der Waals surface area contributed by atoms with Crippen LogP contribution in [0.25, 0.3) is 0 Å². The van der Waals surface area contributed by atoms with E-state index in [4.69, 9.17) is 4.74 Å². The highest BCUT2D eigenvalue weighted by Gasteiger charge is 2.07. The molecule has 0 aromatic heterocycles. The number of carbonyl (C=O) groups excluding carboxylic acids is 1. The number of benzene rings is 2. The SMILES string of the molecule is COc1cccc(SCC(=O)NCc2ccccc2CN(C)C)c1. The molecule has 0 radical (unpaired) electrons. The fourth-order valence-electron chi connectivity index (χ4n) is 2.31. The number of hydrogen-bond acceptors (Lipinski definition) is 4. The summed E-state index contributed by atoms with van der Waals surface area (Å²) in [6, 6.07) is 15.9. The maximum Gasteiger partial charge on any atom is 0.230 e. The molecule has 128 valence electrons. The molecule has 1 amide bonds. The van der Waals surface area contributed by atoms with Gasteiger partial charge >= 0.3 is 0 Å². The monoisotopic (exact) mass is 344 g/mol. The quantitative estimate of drug-likeness (QED) is 0.747. The lowest BCUT2D eigenvalue weighted by Gasteiger charge is -2.14. The van der Waals surface area contributed by atoms with Crippen LogP contribution < -0.4 is 10.1 Å². The number of rotatable bonds is 8. The van der Waals surface area contributed by atoms with Crippen LogP contribution in [0.1, 0.15) is 11.1 Å². The van der Waals surface area contributed by atoms with Crippen LogP contribution in [0.5, 0.6) is 5.75 Å². The minimum absolute atomic E-state index is 0.0301. The molecule has 0 aliphatic carbocycles. The summed E-state index contributed by atoms with van der Waals surface area (Å²) >= 11 is 1.51. The molecule has 0 fully saturated rings. The Balaban J connectivity index is 1.85. The van der Waals surface area contributed by atoms with Gasteiger partial charge < -0.3 is 15.0 Å². The molecule has 0 aliphatic rings. The maximum absolute atomic E-state index is 12.1. The largest absolute Gasteiger partial charge is 0.497 e. The lowest BCUT2D eigenvalue weighted by molar-refractivity contribution is -0.118. The third-order valence-electron chi connectivity index (χ3n) is 3.49. The fraction of sp³-hybridized carbons (Fsp3) is 0.316. The Hall–Kier alpha value is -1.98. The van der Waals surface area contributed by atoms with Crippen molar-refractivity contribution >= 4 is 17.7 Å². The third-order valence-corrected chi connectivity index (χ3v) is 4.49. The van der Waals surface area contributed by atoms with Gasteiger partial charge in [-0.2, -0.15) is 0 Å². The van der Waals surface area contributed by atoms with Gasteiger partial charge in [-0.15, -0.1) is 11.8 Å². The zero-order valence-electron chi connectivity index (χ0n) is 14.4. The predicted octanol–water partition coefficient (Wildman–Crippen LogP) is 3.17. The van der Waals surface area contributed by atoms with Crippen molar-refractivity contribution in [2.75, 3.05) is 27.0 Å². The number of nitrogens with one attached hydrogen (secondary N) is 1. The molecule has 0 unspecified atom stereocenters. The second-order valence-electron chi connectivity index (χ2n) is 5.75. The van der Waals surface area contributed by atoms with Gasteiger partial charge in [0.2, 0.25) is 5.91 Å². The van der Waals surface area contributed by atoms with E-state index in [0.717, 1.165) is 22.8 Å². The molecule has 4 nitrogen and oxygen atoms in total. The van der Waals surface area contributed by atoms with Crippen LogP contribution in [0.4, 0.5) is 0 Å². The summed E-state index contributed by atoms with van der Waals surface area (Å²) in [5.74, 6) is 1.23. The number of methoxy groups -OCH3 is 1. The van der Waals surface area contributed by atoms with Crippen LogP contribution in [0.15, 0.2) is 53.4 Å². The van der Waals surface area contributed by atoms with Crippen LogP contribution in [0.3, 0.4) is 0 Å². The summed E-state index contributed by atoms with van der Waals surface area (Å²) in [5.41, 5.74) is 2.40. The van der Waals surface area contributed by atoms with E-state index in [2.05, 4.69) is 22.3 Å². The highest BCUT2D eigenvalue weighted by molar-refractivity contribution is 8.00. The Morgan fingerprint density at radius 2 is 1.88 bits per heavy atom. The molecule has 0 heterocycles. The zero-order valence-corrected chi connectivity index (χ0v) is 15.2. The fourth-order valence-corrected chi connectivity index (χ4v) is 3.08. The molecule has 2 rings (SSSR count). The van der Waals surface area contributed by atoms with Gasteiger partial charge in [-0.05, 0) is 43.4 Å². The second kappa shape index (κ2) is 9.35. The first-order chi connectivity index (χ1) is 11.6. The van der Waals surface area contributed by atoms with Crippen LogP contribution >= 0.6 is 11.8 Å². The number of ether oxygens (including phenoxy) is 1. The van der Waals surface area contributed by atoms with Crippen molar-refractivity contribution in [3.63, 3.8) is 0 Å². The summed E-state index contributed by atoms with van der Waals surface area (Å²) < 4.78 is 5.19. The minimum Gasteiger partial charge on any atom is -0.497 e. The molecule has 24 heavy (non-hydrogen) atoms. The van der Waals surface area contributed by atoms with Crippen molar-refractivity contribution in [3.05, 3.63) is 59.7 Å². The molecule has 2 aromatic rings. The predicted molar refractivity (Wildman–Crippen MR) is 99.4 cm³/mol. The lowest BCUT2D eigenvalue weighted by atomic mass is 10.1.